The molecule has 0 spiro atoms. The van der Waals surface area contributed by atoms with Crippen molar-refractivity contribution in [1.82, 2.24) is 30.1 Å². The van der Waals surface area contributed by atoms with Gasteiger partial charge in [0.15, 0.2) is 5.82 Å². The van der Waals surface area contributed by atoms with Gasteiger partial charge in [-0.15, -0.1) is 5.10 Å². The van der Waals surface area contributed by atoms with Crippen LogP contribution in [0, 0.1) is 6.92 Å². The van der Waals surface area contributed by atoms with Crippen molar-refractivity contribution in [3.63, 3.8) is 0 Å². The van der Waals surface area contributed by atoms with Crippen LogP contribution in [0.25, 0.3) is 10.9 Å². The smallest absolute Gasteiger partial charge is 0.252 e. The van der Waals surface area contributed by atoms with Gasteiger partial charge in [0.1, 0.15) is 0 Å². The van der Waals surface area contributed by atoms with Gasteiger partial charge in [-0.2, -0.15) is 0 Å². The average molecular weight is 475 g/mol. The van der Waals surface area contributed by atoms with Gasteiger partial charge in [-0.25, -0.2) is 4.68 Å². The minimum Gasteiger partial charge on any atom is -0.396 e. The second-order valence-electron chi connectivity index (χ2n) is 9.06. The number of aliphatic hydroxyl groups is 1. The van der Waals surface area contributed by atoms with Crippen LogP contribution < -0.4 is 5.56 Å². The molecule has 8 nitrogen and oxygen atoms in total. The molecular weight excluding hydrogens is 440 g/mol. The highest BCUT2D eigenvalue weighted by Crippen LogP contribution is 2.26. The van der Waals surface area contributed by atoms with E-state index in [1.807, 2.05) is 48.0 Å². The Morgan fingerprint density at radius 2 is 1.97 bits per heavy atom. The van der Waals surface area contributed by atoms with E-state index in [1.54, 1.807) is 0 Å². The molecular formula is C27H34N6O2. The van der Waals surface area contributed by atoms with Crippen molar-refractivity contribution in [2.45, 2.75) is 58.7 Å². The van der Waals surface area contributed by atoms with E-state index >= 15 is 0 Å². The third-order valence-electron chi connectivity index (χ3n) is 6.37. The Hall–Kier alpha value is -3.36. The number of aromatic nitrogens is 5. The van der Waals surface area contributed by atoms with Crippen molar-refractivity contribution in [2.75, 3.05) is 13.2 Å². The molecule has 0 radical (unpaired) electrons. The Labute approximate surface area is 205 Å². The molecule has 4 aromatic rings. The Morgan fingerprint density at radius 3 is 2.74 bits per heavy atom. The highest BCUT2D eigenvalue weighted by atomic mass is 16.3. The second-order valence-corrected chi connectivity index (χ2v) is 9.06. The van der Waals surface area contributed by atoms with Gasteiger partial charge in [0.05, 0.1) is 6.04 Å². The summed E-state index contributed by atoms with van der Waals surface area (Å²) in [7, 11) is 0. The minimum atomic E-state index is -0.0886. The molecule has 184 valence electrons. The Morgan fingerprint density at radius 1 is 1.14 bits per heavy atom. The monoisotopic (exact) mass is 474 g/mol. The summed E-state index contributed by atoms with van der Waals surface area (Å²) in [6, 6.07) is 18.2. The molecule has 0 aliphatic heterocycles. The summed E-state index contributed by atoms with van der Waals surface area (Å²) in [6.45, 7) is 6.04. The van der Waals surface area contributed by atoms with Gasteiger partial charge in [0, 0.05) is 37.3 Å². The summed E-state index contributed by atoms with van der Waals surface area (Å²) in [5.74, 6) is 0.800. The van der Waals surface area contributed by atoms with Crippen LogP contribution in [0.3, 0.4) is 0 Å². The van der Waals surface area contributed by atoms with E-state index < -0.39 is 0 Å². The first-order valence-corrected chi connectivity index (χ1v) is 12.4. The molecule has 0 bridgehead atoms. The van der Waals surface area contributed by atoms with Crippen molar-refractivity contribution in [3.8, 4) is 0 Å². The van der Waals surface area contributed by atoms with E-state index in [9.17, 15) is 9.90 Å². The van der Waals surface area contributed by atoms with Crippen LogP contribution >= 0.6 is 0 Å². The predicted octanol–water partition coefficient (Wildman–Crippen LogP) is 3.79. The molecule has 0 amide bonds. The fraction of sp³-hybridized carbons (Fsp3) is 0.407. The van der Waals surface area contributed by atoms with Gasteiger partial charge in [0.25, 0.3) is 5.56 Å². The summed E-state index contributed by atoms with van der Waals surface area (Å²) < 4.78 is 1.88. The lowest BCUT2D eigenvalue weighted by molar-refractivity contribution is 0.147. The maximum Gasteiger partial charge on any atom is 0.252 e. The van der Waals surface area contributed by atoms with Crippen molar-refractivity contribution in [1.29, 1.82) is 0 Å². The fourth-order valence-electron chi connectivity index (χ4n) is 4.56. The molecule has 8 heteroatoms. The van der Waals surface area contributed by atoms with E-state index in [-0.39, 0.29) is 18.2 Å². The molecule has 0 unspecified atom stereocenters. The Kier molecular flexibility index (Phi) is 8.39. The number of nitrogens with zero attached hydrogens (tertiary/aromatic N) is 5. The number of rotatable bonds is 12. The maximum absolute atomic E-state index is 12.9. The van der Waals surface area contributed by atoms with Gasteiger partial charge >= 0.3 is 0 Å². The van der Waals surface area contributed by atoms with Crippen LogP contribution in [0.1, 0.15) is 54.7 Å². The van der Waals surface area contributed by atoms with E-state index in [1.165, 1.54) is 5.56 Å². The van der Waals surface area contributed by atoms with Crippen LogP contribution in [-0.4, -0.2) is 48.3 Å². The zero-order chi connectivity index (χ0) is 24.6. The highest BCUT2D eigenvalue weighted by molar-refractivity contribution is 5.79. The number of aliphatic hydroxyl groups excluding tert-OH is 1. The molecule has 0 saturated heterocycles. The molecule has 2 aromatic carbocycles. The lowest BCUT2D eigenvalue weighted by Gasteiger charge is -2.30. The molecule has 4 rings (SSSR count). The number of aryl methyl sites for hydroxylation is 3. The molecule has 2 heterocycles. The SMILES string of the molecule is CCC[C@H](c1nnnn1CCc1ccccc1)N(CCCO)Cc1cc2cc(C)ccc2[nH]c1=O. The lowest BCUT2D eigenvalue weighted by atomic mass is 10.1. The number of fused-ring (bicyclic) bond motifs is 1. The first kappa shape index (κ1) is 24.8. The van der Waals surface area contributed by atoms with Crippen LogP contribution in [0.15, 0.2) is 59.4 Å². The third kappa shape index (κ3) is 6.21. The number of hydrogen-bond acceptors (Lipinski definition) is 6. The number of benzene rings is 2. The molecule has 0 aliphatic rings. The van der Waals surface area contributed by atoms with Crippen LogP contribution in [0.5, 0.6) is 0 Å². The molecule has 0 fully saturated rings. The first-order chi connectivity index (χ1) is 17.1. The third-order valence-corrected chi connectivity index (χ3v) is 6.37. The van der Waals surface area contributed by atoms with Crippen molar-refractivity contribution < 1.29 is 5.11 Å². The van der Waals surface area contributed by atoms with Crippen LogP contribution in [0.2, 0.25) is 0 Å². The van der Waals surface area contributed by atoms with E-state index in [0.29, 0.717) is 31.6 Å². The van der Waals surface area contributed by atoms with E-state index in [0.717, 1.165) is 41.6 Å². The zero-order valence-electron chi connectivity index (χ0n) is 20.5. The van der Waals surface area contributed by atoms with Crippen LogP contribution in [0.4, 0.5) is 0 Å². The van der Waals surface area contributed by atoms with Gasteiger partial charge in [0.2, 0.25) is 0 Å². The second kappa shape index (κ2) is 11.9. The largest absolute Gasteiger partial charge is 0.396 e. The maximum atomic E-state index is 12.9. The summed E-state index contributed by atoms with van der Waals surface area (Å²) in [4.78, 5) is 18.2. The van der Waals surface area contributed by atoms with Gasteiger partial charge in [-0.1, -0.05) is 55.3 Å². The number of hydrogen-bond donors (Lipinski definition) is 2. The summed E-state index contributed by atoms with van der Waals surface area (Å²) in [5, 5.41) is 23.3. The van der Waals surface area contributed by atoms with Crippen molar-refractivity contribution in [2.24, 2.45) is 0 Å². The van der Waals surface area contributed by atoms with E-state index in [4.69, 9.17) is 0 Å². The van der Waals surface area contributed by atoms with Gasteiger partial charge in [-0.05, 0) is 65.8 Å². The number of H-pyrrole nitrogens is 1. The topological polar surface area (TPSA) is 99.9 Å². The number of tetrazole rings is 1. The minimum absolute atomic E-state index is 0.0649. The molecule has 1 atom stereocenters. The summed E-state index contributed by atoms with van der Waals surface area (Å²) >= 11 is 0. The van der Waals surface area contributed by atoms with Gasteiger partial charge < -0.3 is 10.1 Å². The number of pyridine rings is 1. The number of nitrogens with one attached hydrogen (secondary N) is 1. The zero-order valence-corrected chi connectivity index (χ0v) is 20.5. The van der Waals surface area contributed by atoms with Crippen LogP contribution in [-0.2, 0) is 19.5 Å². The lowest BCUT2D eigenvalue weighted by Crippen LogP contribution is -2.34. The average Bonchev–Trinajstić information content (AvgIpc) is 3.33. The van der Waals surface area contributed by atoms with Crippen molar-refractivity contribution >= 4 is 10.9 Å². The number of aromatic amines is 1. The molecule has 0 saturated carbocycles. The standard InChI is InChI=1S/C27H34N6O2/c1-3-8-25(26-29-30-31-33(26)15-13-21-9-5-4-6-10-21)32(14-7-16-34)19-23-18-22-17-20(2)11-12-24(22)28-27(23)35/h4-6,9-12,17-18,25,34H,3,7-8,13-16,19H2,1-2H3,(H,28,35)/t25-/m1/s1. The quantitative estimate of drug-likeness (QED) is 0.324. The Balaban J connectivity index is 1.63. The predicted molar refractivity (Wildman–Crippen MR) is 137 cm³/mol. The fourth-order valence-corrected chi connectivity index (χ4v) is 4.56. The highest BCUT2D eigenvalue weighted by Gasteiger charge is 2.26. The van der Waals surface area contributed by atoms with Crippen molar-refractivity contribution in [3.05, 3.63) is 87.5 Å². The molecule has 2 aromatic heterocycles. The molecule has 2 N–H and O–H groups in total. The van der Waals surface area contributed by atoms with E-state index in [2.05, 4.69) is 50.5 Å². The summed E-state index contributed by atoms with van der Waals surface area (Å²) in [6.07, 6.45) is 3.23. The Bertz CT molecular complexity index is 1280. The summed E-state index contributed by atoms with van der Waals surface area (Å²) in [5.41, 5.74) is 3.83. The molecule has 35 heavy (non-hydrogen) atoms. The normalized spacial score (nSPS) is 12.5. The molecule has 0 aliphatic carbocycles. The first-order valence-electron chi connectivity index (χ1n) is 12.4. The van der Waals surface area contributed by atoms with Gasteiger partial charge in [-0.3, -0.25) is 9.69 Å².